The molecule has 1 aromatic heterocycles. The zero-order valence-corrected chi connectivity index (χ0v) is 14.1. The Balaban J connectivity index is 1.65. The molecule has 1 heterocycles. The Kier molecular flexibility index (Phi) is 5.00. The minimum absolute atomic E-state index is 0.0541. The molecule has 0 radical (unpaired) electrons. The van der Waals surface area contributed by atoms with Gasteiger partial charge in [-0.15, -0.1) is 0 Å². The first kappa shape index (κ1) is 16.6. The van der Waals surface area contributed by atoms with Crippen molar-refractivity contribution in [2.75, 3.05) is 5.43 Å². The summed E-state index contributed by atoms with van der Waals surface area (Å²) < 4.78 is 5.52. The number of hydrogen-bond acceptors (Lipinski definition) is 7. The molecule has 7 nitrogen and oxygen atoms in total. The number of rotatable bonds is 6. The second-order valence-electron chi connectivity index (χ2n) is 5.02. The summed E-state index contributed by atoms with van der Waals surface area (Å²) in [5, 5.41) is 15.2. The Bertz CT molecular complexity index is 892. The molecule has 8 heteroatoms. The van der Waals surface area contributed by atoms with Gasteiger partial charge in [0.1, 0.15) is 11.9 Å². The first-order valence-electron chi connectivity index (χ1n) is 7.35. The minimum atomic E-state index is -0.493. The highest BCUT2D eigenvalue weighted by molar-refractivity contribution is 7.16. The summed E-state index contributed by atoms with van der Waals surface area (Å²) in [5.41, 5.74) is 5.66. The number of para-hydroxylation sites is 1. The maximum absolute atomic E-state index is 10.7. The highest BCUT2D eigenvalue weighted by atomic mass is 32.1. The number of anilines is 1. The Labute approximate surface area is 147 Å². The van der Waals surface area contributed by atoms with Crippen LogP contribution in [0.5, 0.6) is 10.9 Å². The van der Waals surface area contributed by atoms with E-state index in [-0.39, 0.29) is 10.2 Å². The number of benzene rings is 2. The number of ether oxygens (including phenoxy) is 1. The third-order valence-corrected chi connectivity index (χ3v) is 4.08. The Hall–Kier alpha value is -3.26. The van der Waals surface area contributed by atoms with Crippen LogP contribution in [-0.2, 0) is 0 Å². The Morgan fingerprint density at radius 2 is 1.92 bits per heavy atom. The van der Waals surface area contributed by atoms with E-state index in [4.69, 9.17) is 4.74 Å². The van der Waals surface area contributed by atoms with Gasteiger partial charge in [0.05, 0.1) is 16.3 Å². The van der Waals surface area contributed by atoms with Crippen LogP contribution in [0.4, 0.5) is 10.7 Å². The van der Waals surface area contributed by atoms with Gasteiger partial charge in [-0.3, -0.25) is 15.5 Å². The second-order valence-corrected chi connectivity index (χ2v) is 5.99. The summed E-state index contributed by atoms with van der Waals surface area (Å²) in [5.74, 6) is 0.553. The standard InChI is InChI=1S/C17H14N4O3S/c1-12(19-20-14-5-3-2-4-6-14)13-7-9-15(10-8-13)24-17-18-11-16(25-17)21(22)23/h2-11,20H,1H3. The molecular formula is C17H14N4O3S. The van der Waals surface area contributed by atoms with Gasteiger partial charge in [0.25, 0.3) is 5.19 Å². The minimum Gasteiger partial charge on any atom is -0.431 e. The van der Waals surface area contributed by atoms with E-state index < -0.39 is 4.92 Å². The van der Waals surface area contributed by atoms with Gasteiger partial charge in [-0.2, -0.15) is 5.10 Å². The number of nitrogens with zero attached hydrogens (tertiary/aromatic N) is 3. The molecular weight excluding hydrogens is 340 g/mol. The summed E-state index contributed by atoms with van der Waals surface area (Å²) in [6, 6.07) is 16.9. The van der Waals surface area contributed by atoms with Crippen molar-refractivity contribution in [3.05, 3.63) is 76.5 Å². The highest BCUT2D eigenvalue weighted by Gasteiger charge is 2.13. The molecule has 1 N–H and O–H groups in total. The Morgan fingerprint density at radius 1 is 1.20 bits per heavy atom. The molecule has 0 aliphatic heterocycles. The quantitative estimate of drug-likeness (QED) is 0.394. The fourth-order valence-electron chi connectivity index (χ4n) is 1.97. The molecule has 0 aliphatic rings. The average Bonchev–Trinajstić information content (AvgIpc) is 3.10. The van der Waals surface area contributed by atoms with Crippen LogP contribution in [0.3, 0.4) is 0 Å². The first-order valence-corrected chi connectivity index (χ1v) is 8.17. The van der Waals surface area contributed by atoms with Crippen molar-refractivity contribution in [3.8, 4) is 10.9 Å². The van der Waals surface area contributed by atoms with Gasteiger partial charge >= 0.3 is 5.00 Å². The molecule has 0 bridgehead atoms. The molecule has 0 saturated carbocycles. The smallest absolute Gasteiger partial charge is 0.347 e. The van der Waals surface area contributed by atoms with E-state index in [1.807, 2.05) is 49.4 Å². The van der Waals surface area contributed by atoms with Crippen molar-refractivity contribution in [2.24, 2.45) is 5.10 Å². The van der Waals surface area contributed by atoms with E-state index in [0.717, 1.165) is 28.3 Å². The molecule has 126 valence electrons. The van der Waals surface area contributed by atoms with Crippen molar-refractivity contribution < 1.29 is 9.66 Å². The van der Waals surface area contributed by atoms with Crippen molar-refractivity contribution in [1.82, 2.24) is 4.98 Å². The number of hydrogen-bond donors (Lipinski definition) is 1. The number of hydrazone groups is 1. The van der Waals surface area contributed by atoms with Crippen molar-refractivity contribution in [3.63, 3.8) is 0 Å². The number of thiazole rings is 1. The lowest BCUT2D eigenvalue weighted by Gasteiger charge is -2.05. The summed E-state index contributed by atoms with van der Waals surface area (Å²) in [6.45, 7) is 1.90. The van der Waals surface area contributed by atoms with E-state index in [1.54, 1.807) is 12.1 Å². The van der Waals surface area contributed by atoms with E-state index in [9.17, 15) is 10.1 Å². The van der Waals surface area contributed by atoms with Crippen LogP contribution in [0.2, 0.25) is 0 Å². The van der Waals surface area contributed by atoms with Gasteiger partial charge in [-0.25, -0.2) is 4.98 Å². The molecule has 3 rings (SSSR count). The van der Waals surface area contributed by atoms with Crippen molar-refractivity contribution >= 4 is 27.7 Å². The monoisotopic (exact) mass is 354 g/mol. The SMILES string of the molecule is CC(=NNc1ccccc1)c1ccc(Oc2ncc([N+](=O)[O-])s2)cc1. The fraction of sp³-hybridized carbons (Fsp3) is 0.0588. The number of nitrogens with one attached hydrogen (secondary N) is 1. The predicted octanol–water partition coefficient (Wildman–Crippen LogP) is 4.68. The van der Waals surface area contributed by atoms with Crippen LogP contribution in [0, 0.1) is 10.1 Å². The van der Waals surface area contributed by atoms with Gasteiger partial charge in [0, 0.05) is 0 Å². The third kappa shape index (κ3) is 4.39. The lowest BCUT2D eigenvalue weighted by molar-refractivity contribution is -0.380. The normalized spacial score (nSPS) is 11.2. The molecule has 0 saturated heterocycles. The lowest BCUT2D eigenvalue weighted by atomic mass is 10.1. The summed E-state index contributed by atoms with van der Waals surface area (Å²) >= 11 is 0.886. The summed E-state index contributed by atoms with van der Waals surface area (Å²) in [6.07, 6.45) is 1.18. The van der Waals surface area contributed by atoms with Crippen LogP contribution >= 0.6 is 11.3 Å². The molecule has 0 atom stereocenters. The number of nitro groups is 1. The van der Waals surface area contributed by atoms with Gasteiger partial charge in [-0.1, -0.05) is 18.2 Å². The number of aromatic nitrogens is 1. The highest BCUT2D eigenvalue weighted by Crippen LogP contribution is 2.30. The van der Waals surface area contributed by atoms with Gasteiger partial charge in [0.2, 0.25) is 0 Å². The topological polar surface area (TPSA) is 89.7 Å². The van der Waals surface area contributed by atoms with Gasteiger partial charge in [-0.05, 0) is 60.2 Å². The molecule has 0 spiro atoms. The van der Waals surface area contributed by atoms with Crippen LogP contribution in [-0.4, -0.2) is 15.6 Å². The zero-order chi connectivity index (χ0) is 17.6. The third-order valence-electron chi connectivity index (χ3n) is 3.26. The summed E-state index contributed by atoms with van der Waals surface area (Å²) in [7, 11) is 0. The van der Waals surface area contributed by atoms with Crippen LogP contribution in [0.1, 0.15) is 12.5 Å². The Morgan fingerprint density at radius 3 is 2.56 bits per heavy atom. The maximum atomic E-state index is 10.7. The van der Waals surface area contributed by atoms with E-state index in [2.05, 4.69) is 15.5 Å². The molecule has 3 aromatic rings. The molecule has 0 amide bonds. The van der Waals surface area contributed by atoms with Crippen molar-refractivity contribution in [1.29, 1.82) is 0 Å². The lowest BCUT2D eigenvalue weighted by Crippen LogP contribution is -1.99. The molecule has 0 aliphatic carbocycles. The van der Waals surface area contributed by atoms with E-state index in [1.165, 1.54) is 6.20 Å². The summed E-state index contributed by atoms with van der Waals surface area (Å²) in [4.78, 5) is 14.0. The van der Waals surface area contributed by atoms with Crippen molar-refractivity contribution in [2.45, 2.75) is 6.92 Å². The molecule has 25 heavy (non-hydrogen) atoms. The van der Waals surface area contributed by atoms with Gasteiger partial charge in [0.15, 0.2) is 0 Å². The molecule has 0 unspecified atom stereocenters. The predicted molar refractivity (Wildman–Crippen MR) is 97.6 cm³/mol. The van der Waals surface area contributed by atoms with E-state index in [0.29, 0.717) is 5.75 Å². The van der Waals surface area contributed by atoms with E-state index >= 15 is 0 Å². The molecule has 0 fully saturated rings. The van der Waals surface area contributed by atoms with Crippen LogP contribution < -0.4 is 10.2 Å². The second kappa shape index (κ2) is 7.54. The van der Waals surface area contributed by atoms with Gasteiger partial charge < -0.3 is 4.74 Å². The van der Waals surface area contributed by atoms with Crippen LogP contribution in [0.25, 0.3) is 0 Å². The first-order chi connectivity index (χ1) is 12.1. The average molecular weight is 354 g/mol. The maximum Gasteiger partial charge on any atom is 0.347 e. The molecule has 2 aromatic carbocycles. The fourth-order valence-corrected chi connectivity index (χ4v) is 2.57. The van der Waals surface area contributed by atoms with Crippen LogP contribution in [0.15, 0.2) is 65.9 Å². The largest absolute Gasteiger partial charge is 0.431 e. The zero-order valence-electron chi connectivity index (χ0n) is 13.2.